The van der Waals surface area contributed by atoms with E-state index in [1.165, 1.54) is 0 Å². The van der Waals surface area contributed by atoms with Crippen molar-refractivity contribution >= 4 is 10.0 Å². The van der Waals surface area contributed by atoms with Crippen molar-refractivity contribution in [1.82, 2.24) is 4.31 Å². The van der Waals surface area contributed by atoms with Crippen molar-refractivity contribution in [3.8, 4) is 0 Å². The number of alkyl halides is 13. The second-order valence-electron chi connectivity index (χ2n) is 5.89. The van der Waals surface area contributed by atoms with Crippen molar-refractivity contribution < 1.29 is 80.8 Å². The fourth-order valence-electron chi connectivity index (χ4n) is 1.79. The molecule has 0 fully saturated rings. The van der Waals surface area contributed by atoms with E-state index in [1.807, 2.05) is 0 Å². The summed E-state index contributed by atoms with van der Waals surface area (Å²) in [4.78, 5) is 0. The van der Waals surface area contributed by atoms with E-state index in [0.717, 1.165) is 6.92 Å². The maximum Gasteiger partial charge on any atom is 0.460 e. The molecule has 0 radical (unpaired) electrons. The molecule has 3 N–H and O–H groups in total. The van der Waals surface area contributed by atoms with Crippen LogP contribution in [0.2, 0.25) is 0 Å². The van der Waals surface area contributed by atoms with Gasteiger partial charge in [-0.15, -0.1) is 0 Å². The van der Waals surface area contributed by atoms with Gasteiger partial charge in [0.15, 0.2) is 0 Å². The molecule has 0 saturated carbocycles. The average Bonchev–Trinajstić information content (AvgIpc) is 2.66. The molecule has 20 heteroatoms. The lowest BCUT2D eigenvalue weighted by molar-refractivity contribution is -0.433. The van der Waals surface area contributed by atoms with Gasteiger partial charge < -0.3 is 15.3 Å². The van der Waals surface area contributed by atoms with E-state index in [-0.39, 0.29) is 13.2 Å². The number of rotatable bonds is 11. The van der Waals surface area contributed by atoms with Crippen LogP contribution in [0.5, 0.6) is 0 Å². The van der Waals surface area contributed by atoms with Gasteiger partial charge in [0, 0.05) is 13.1 Å². The van der Waals surface area contributed by atoms with Gasteiger partial charge in [0.25, 0.3) is 10.0 Å². The molecule has 0 amide bonds. The molecule has 0 aliphatic carbocycles. The van der Waals surface area contributed by atoms with Crippen molar-refractivity contribution in [1.29, 1.82) is 0 Å². The van der Waals surface area contributed by atoms with Crippen molar-refractivity contribution in [3.63, 3.8) is 0 Å². The molecule has 202 valence electrons. The first-order valence-electron chi connectivity index (χ1n) is 8.22. The van der Waals surface area contributed by atoms with Gasteiger partial charge in [0.05, 0.1) is 19.8 Å². The highest BCUT2D eigenvalue weighted by Crippen LogP contribution is 2.61. The van der Waals surface area contributed by atoms with Crippen LogP contribution in [0.4, 0.5) is 57.1 Å². The van der Waals surface area contributed by atoms with Gasteiger partial charge in [-0.1, -0.05) is 6.92 Å². The van der Waals surface area contributed by atoms with Crippen LogP contribution in [0, 0.1) is 0 Å². The molecule has 0 heterocycles. The largest absolute Gasteiger partial charge is 0.460 e. The molecule has 0 aromatic heterocycles. The Balaban J connectivity index is 0. The Morgan fingerprint density at radius 3 is 1.24 bits per heavy atom. The highest BCUT2D eigenvalue weighted by Gasteiger charge is 2.92. The summed E-state index contributed by atoms with van der Waals surface area (Å²) in [6.45, 7) is -3.12. The minimum absolute atomic E-state index is 0.125. The van der Waals surface area contributed by atoms with E-state index in [0.29, 0.717) is 0 Å². The zero-order valence-electron chi connectivity index (χ0n) is 16.2. The number of aliphatic hydroxyl groups is 3. The first-order valence-corrected chi connectivity index (χ1v) is 9.66. The Morgan fingerprint density at radius 2 is 0.970 bits per heavy atom. The number of sulfonamides is 1. The van der Waals surface area contributed by atoms with Crippen molar-refractivity contribution in [2.45, 2.75) is 48.5 Å². The lowest BCUT2D eigenvalue weighted by Crippen LogP contribution is -2.72. The zero-order valence-corrected chi connectivity index (χ0v) is 17.0. The number of aliphatic hydroxyl groups excluding tert-OH is 3. The maximum atomic E-state index is 13.8. The Morgan fingerprint density at radius 1 is 0.606 bits per heavy atom. The summed E-state index contributed by atoms with van der Waals surface area (Å²) in [5, 5.41) is 16.5. The molecule has 0 aromatic rings. The van der Waals surface area contributed by atoms with Gasteiger partial charge in [0.1, 0.15) is 0 Å². The third kappa shape index (κ3) is 5.93. The fourth-order valence-corrected chi connectivity index (χ4v) is 3.31. The van der Waals surface area contributed by atoms with Crippen molar-refractivity contribution in [3.05, 3.63) is 0 Å². The lowest BCUT2D eigenvalue weighted by Gasteiger charge is -2.40. The molecule has 33 heavy (non-hydrogen) atoms. The molecule has 6 nitrogen and oxygen atoms in total. The average molecular weight is 547 g/mol. The molecule has 0 saturated heterocycles. The molecular weight excluding hydrogens is 529 g/mol. The second kappa shape index (κ2) is 11.1. The minimum atomic E-state index is -8.20. The highest BCUT2D eigenvalue weighted by molar-refractivity contribution is 7.90. The van der Waals surface area contributed by atoms with Gasteiger partial charge in [-0.25, -0.2) is 8.42 Å². The van der Waals surface area contributed by atoms with E-state index < -0.39 is 75.6 Å². The zero-order chi connectivity index (χ0) is 27.3. The van der Waals surface area contributed by atoms with Crippen molar-refractivity contribution in [2.75, 3.05) is 32.9 Å². The van der Waals surface area contributed by atoms with E-state index in [1.54, 1.807) is 0 Å². The summed E-state index contributed by atoms with van der Waals surface area (Å²) in [5.74, 6) is -32.3. The Kier molecular flexibility index (Phi) is 11.4. The third-order valence-electron chi connectivity index (χ3n) is 3.49. The van der Waals surface area contributed by atoms with Crippen molar-refractivity contribution in [2.24, 2.45) is 0 Å². The molecule has 0 unspecified atom stereocenters. The van der Waals surface area contributed by atoms with E-state index in [2.05, 4.69) is 0 Å². The predicted molar refractivity (Wildman–Crippen MR) is 82.8 cm³/mol. The second-order valence-corrected chi connectivity index (χ2v) is 7.87. The Hall–Kier alpha value is -1.12. The summed E-state index contributed by atoms with van der Waals surface area (Å²) >= 11 is 0. The molecule has 0 aliphatic rings. The van der Waals surface area contributed by atoms with Gasteiger partial charge in [-0.2, -0.15) is 61.4 Å². The minimum Gasteiger partial charge on any atom is -0.395 e. The highest BCUT2D eigenvalue weighted by atomic mass is 32.2. The van der Waals surface area contributed by atoms with Crippen LogP contribution >= 0.6 is 0 Å². The summed E-state index contributed by atoms with van der Waals surface area (Å²) in [7, 11) is -7.06. The Bertz CT molecular complexity index is 704. The molecule has 0 aliphatic heterocycles. The van der Waals surface area contributed by atoms with E-state index in [4.69, 9.17) is 15.3 Å². The number of hydrogen-bond donors (Lipinski definition) is 3. The normalized spacial score (nSPS) is 14.8. The number of hydrogen-bond acceptors (Lipinski definition) is 5. The van der Waals surface area contributed by atoms with Gasteiger partial charge in [-0.05, 0) is 6.42 Å². The molecule has 0 rings (SSSR count). The summed E-state index contributed by atoms with van der Waals surface area (Å²) in [6, 6.07) is 0. The first-order chi connectivity index (χ1) is 14.4. The molecule has 0 bridgehead atoms. The third-order valence-corrected chi connectivity index (χ3v) is 5.44. The predicted octanol–water partition coefficient (Wildman–Crippen LogP) is 2.69. The van der Waals surface area contributed by atoms with Crippen LogP contribution < -0.4 is 0 Å². The molecule has 0 spiro atoms. The van der Waals surface area contributed by atoms with Crippen LogP contribution in [-0.2, 0) is 10.0 Å². The van der Waals surface area contributed by atoms with Gasteiger partial charge >= 0.3 is 35.1 Å². The van der Waals surface area contributed by atoms with Crippen LogP contribution in [0.1, 0.15) is 13.3 Å². The lowest BCUT2D eigenvalue weighted by atomic mass is 9.98. The molecular formula is C13H18F13NO5S. The van der Waals surface area contributed by atoms with E-state index >= 15 is 0 Å². The quantitative estimate of drug-likeness (QED) is 0.346. The fraction of sp³-hybridized carbons (Fsp3) is 1.00. The van der Waals surface area contributed by atoms with Crippen LogP contribution in [-0.4, -0.2) is 96.1 Å². The number of nitrogens with zero attached hydrogens (tertiary/aromatic N) is 1. The molecule has 0 atom stereocenters. The summed E-state index contributed by atoms with van der Waals surface area (Å²) < 4.78 is 191. The standard InChI is InChI=1S/C11H12F13NO3S.C2H6O2/c1-2-3-25(4-5-26)29(27,28)11(23,24)9(18,19)7(14,15)6(12,13)8(16,17)10(20,21)22;3-1-2-4/h26H,2-5H2,1H3;3-4H,1-2H2. The van der Waals surface area contributed by atoms with Gasteiger partial charge in [-0.3, -0.25) is 0 Å². The molecule has 0 aromatic carbocycles. The van der Waals surface area contributed by atoms with Crippen LogP contribution in [0.15, 0.2) is 0 Å². The SMILES string of the molecule is CCCN(CCO)S(=O)(=O)C(F)(F)C(F)(F)C(F)(F)C(F)(F)C(F)(F)C(F)(F)F.OCCO. The number of halogens is 13. The smallest absolute Gasteiger partial charge is 0.395 e. The first kappa shape index (κ1) is 34.0. The van der Waals surface area contributed by atoms with E-state index in [9.17, 15) is 65.5 Å². The van der Waals surface area contributed by atoms with Crippen LogP contribution in [0.25, 0.3) is 0 Å². The van der Waals surface area contributed by atoms with Gasteiger partial charge in [0.2, 0.25) is 0 Å². The summed E-state index contributed by atoms with van der Waals surface area (Å²) in [5.41, 5.74) is 0. The monoisotopic (exact) mass is 547 g/mol. The maximum absolute atomic E-state index is 13.8. The van der Waals surface area contributed by atoms with Crippen LogP contribution in [0.3, 0.4) is 0 Å². The summed E-state index contributed by atoms with van der Waals surface area (Å²) in [6.07, 6.45) is -8.05. The topological polar surface area (TPSA) is 98.1 Å². The Labute approximate surface area is 177 Å².